The summed E-state index contributed by atoms with van der Waals surface area (Å²) in [6.07, 6.45) is 2.24. The predicted molar refractivity (Wildman–Crippen MR) is 143 cm³/mol. The molecule has 0 radical (unpaired) electrons. The van der Waals surface area contributed by atoms with Crippen molar-refractivity contribution in [2.24, 2.45) is 11.8 Å². The lowest BCUT2D eigenvalue weighted by Gasteiger charge is -2.44. The van der Waals surface area contributed by atoms with E-state index in [9.17, 15) is 15.0 Å². The van der Waals surface area contributed by atoms with E-state index in [1.54, 1.807) is 18.2 Å². The molecule has 0 bridgehead atoms. The molecule has 6 nitrogen and oxygen atoms in total. The van der Waals surface area contributed by atoms with Gasteiger partial charge in [0.15, 0.2) is 0 Å². The number of carbonyl (C=O) groups excluding carboxylic acids is 1. The van der Waals surface area contributed by atoms with Gasteiger partial charge in [-0.3, -0.25) is 4.79 Å². The summed E-state index contributed by atoms with van der Waals surface area (Å²) in [6, 6.07) is 11.4. The molecule has 4 unspecified atom stereocenters. The molecule has 4 atom stereocenters. The van der Waals surface area contributed by atoms with Gasteiger partial charge in [0.05, 0.1) is 0 Å². The molecule has 5 rings (SSSR count). The summed E-state index contributed by atoms with van der Waals surface area (Å²) in [6.45, 7) is 14.5. The largest absolute Gasteiger partial charge is 0.508 e. The summed E-state index contributed by atoms with van der Waals surface area (Å²) in [7, 11) is 0. The van der Waals surface area contributed by atoms with Gasteiger partial charge >= 0.3 is 0 Å². The first-order valence-corrected chi connectivity index (χ1v) is 13.2. The number of hydrogen-bond donors (Lipinski definition) is 4. The standard InChI is InChI=1S/C30H39N3O3/c1-18(2)28(32-29(36)13-22-11-20-5-6-23(34)12-21(20)15-31-22)17-33-10-9-30(4)26-14-24(35)7-8-25(26)19(3)27(30)16-33/h5-8,12,14,18,22,27-28,31,34-35H,3,9-11,13,15-17H2,1-2,4H3,(H,32,36). The number of nitrogens with one attached hydrogen (secondary N) is 2. The second kappa shape index (κ2) is 9.56. The van der Waals surface area contributed by atoms with Crippen molar-refractivity contribution in [3.8, 4) is 11.5 Å². The lowest BCUT2D eigenvalue weighted by molar-refractivity contribution is -0.122. The molecule has 192 valence electrons. The van der Waals surface area contributed by atoms with Crippen LogP contribution in [0.15, 0.2) is 43.0 Å². The summed E-state index contributed by atoms with van der Waals surface area (Å²) in [5, 5.41) is 26.6. The normalized spacial score (nSPS) is 26.3. The Morgan fingerprint density at radius 2 is 1.94 bits per heavy atom. The number of amides is 1. The first kappa shape index (κ1) is 24.8. The molecule has 0 spiro atoms. The van der Waals surface area contributed by atoms with E-state index in [0.717, 1.165) is 38.0 Å². The molecule has 2 aliphatic heterocycles. The minimum Gasteiger partial charge on any atom is -0.508 e. The minimum atomic E-state index is -0.00202. The summed E-state index contributed by atoms with van der Waals surface area (Å²) in [4.78, 5) is 15.5. The van der Waals surface area contributed by atoms with Crippen molar-refractivity contribution in [1.29, 1.82) is 0 Å². The zero-order valence-corrected chi connectivity index (χ0v) is 21.7. The van der Waals surface area contributed by atoms with Gasteiger partial charge in [-0.1, -0.05) is 39.5 Å². The Labute approximate surface area is 214 Å². The number of fused-ring (bicyclic) bond motifs is 4. The number of aromatic hydroxyl groups is 2. The molecule has 2 aromatic carbocycles. The van der Waals surface area contributed by atoms with E-state index in [2.05, 4.69) is 42.9 Å². The average Bonchev–Trinajstić information content (AvgIpc) is 3.05. The molecule has 0 aromatic heterocycles. The Kier molecular flexibility index (Phi) is 6.60. The van der Waals surface area contributed by atoms with Crippen LogP contribution in [-0.4, -0.2) is 52.7 Å². The highest BCUT2D eigenvalue weighted by molar-refractivity contribution is 5.78. The van der Waals surface area contributed by atoms with Gasteiger partial charge in [-0.15, -0.1) is 0 Å². The molecule has 1 amide bonds. The molecule has 1 aliphatic carbocycles. The Bertz CT molecular complexity index is 1180. The van der Waals surface area contributed by atoms with Crippen LogP contribution in [0.2, 0.25) is 0 Å². The molecular formula is C30H39N3O3. The number of rotatable bonds is 6. The van der Waals surface area contributed by atoms with E-state index in [-0.39, 0.29) is 29.2 Å². The number of phenolic OH excluding ortho intramolecular Hbond substituents is 2. The summed E-state index contributed by atoms with van der Waals surface area (Å²) >= 11 is 0. The van der Waals surface area contributed by atoms with Crippen molar-refractivity contribution in [3.63, 3.8) is 0 Å². The van der Waals surface area contributed by atoms with E-state index in [0.29, 0.717) is 30.6 Å². The maximum absolute atomic E-state index is 13.1. The van der Waals surface area contributed by atoms with Crippen molar-refractivity contribution in [1.82, 2.24) is 15.5 Å². The van der Waals surface area contributed by atoms with Crippen molar-refractivity contribution in [2.45, 2.75) is 64.1 Å². The molecule has 36 heavy (non-hydrogen) atoms. The zero-order valence-electron chi connectivity index (χ0n) is 21.7. The Morgan fingerprint density at radius 3 is 2.72 bits per heavy atom. The topological polar surface area (TPSA) is 84.8 Å². The fraction of sp³-hybridized carbons (Fsp3) is 0.500. The van der Waals surface area contributed by atoms with Crippen LogP contribution in [0.3, 0.4) is 0 Å². The van der Waals surface area contributed by atoms with Gasteiger partial charge in [0, 0.05) is 49.5 Å². The Morgan fingerprint density at radius 1 is 1.19 bits per heavy atom. The van der Waals surface area contributed by atoms with Crippen molar-refractivity contribution in [2.75, 3.05) is 19.6 Å². The van der Waals surface area contributed by atoms with Gasteiger partial charge in [-0.25, -0.2) is 0 Å². The Hall–Kier alpha value is -2.83. The summed E-state index contributed by atoms with van der Waals surface area (Å²) in [5.74, 6) is 1.34. The first-order valence-electron chi connectivity index (χ1n) is 13.2. The van der Waals surface area contributed by atoms with Crippen LogP contribution in [-0.2, 0) is 23.2 Å². The fourth-order valence-electron chi connectivity index (χ4n) is 6.47. The van der Waals surface area contributed by atoms with Crippen molar-refractivity contribution < 1.29 is 15.0 Å². The zero-order chi connectivity index (χ0) is 25.6. The van der Waals surface area contributed by atoms with Crippen LogP contribution in [0.1, 0.15) is 55.9 Å². The van der Waals surface area contributed by atoms with Crippen LogP contribution >= 0.6 is 0 Å². The third-order valence-corrected chi connectivity index (χ3v) is 8.82. The second-order valence-electron chi connectivity index (χ2n) is 11.6. The van der Waals surface area contributed by atoms with Gasteiger partial charge in [0.25, 0.3) is 0 Å². The lowest BCUT2D eigenvalue weighted by atomic mass is 9.70. The molecule has 6 heteroatoms. The smallest absolute Gasteiger partial charge is 0.221 e. The van der Waals surface area contributed by atoms with E-state index in [1.165, 1.54) is 22.3 Å². The lowest BCUT2D eigenvalue weighted by Crippen LogP contribution is -2.53. The molecule has 2 aromatic rings. The first-order chi connectivity index (χ1) is 17.1. The van der Waals surface area contributed by atoms with E-state index in [1.807, 2.05) is 18.2 Å². The highest BCUT2D eigenvalue weighted by Crippen LogP contribution is 2.54. The van der Waals surface area contributed by atoms with Gasteiger partial charge in [-0.2, -0.15) is 0 Å². The molecule has 1 fully saturated rings. The second-order valence-corrected chi connectivity index (χ2v) is 11.6. The number of likely N-dealkylation sites (tertiary alicyclic amines) is 1. The summed E-state index contributed by atoms with van der Waals surface area (Å²) in [5.41, 5.74) is 5.88. The summed E-state index contributed by atoms with van der Waals surface area (Å²) < 4.78 is 0. The molecule has 4 N–H and O–H groups in total. The van der Waals surface area contributed by atoms with Gasteiger partial charge < -0.3 is 25.7 Å². The highest BCUT2D eigenvalue weighted by Gasteiger charge is 2.48. The van der Waals surface area contributed by atoms with E-state index < -0.39 is 0 Å². The Balaban J connectivity index is 1.19. The van der Waals surface area contributed by atoms with Crippen LogP contribution in [0, 0.1) is 11.8 Å². The number of benzene rings is 2. The average molecular weight is 490 g/mol. The SMILES string of the molecule is C=C1c2ccc(O)cc2C2(C)CCN(CC(NC(=O)CC3Cc4ccc(O)cc4CN3)C(C)C)CC12. The third kappa shape index (κ3) is 4.64. The van der Waals surface area contributed by atoms with E-state index >= 15 is 0 Å². The number of nitrogens with zero attached hydrogens (tertiary/aromatic N) is 1. The number of piperidine rings is 1. The fourth-order valence-corrected chi connectivity index (χ4v) is 6.47. The van der Waals surface area contributed by atoms with Gasteiger partial charge in [0.1, 0.15) is 11.5 Å². The number of hydrogen-bond acceptors (Lipinski definition) is 5. The van der Waals surface area contributed by atoms with Crippen LogP contribution in [0.4, 0.5) is 0 Å². The van der Waals surface area contributed by atoms with Crippen LogP contribution in [0.5, 0.6) is 11.5 Å². The van der Waals surface area contributed by atoms with Crippen molar-refractivity contribution in [3.05, 3.63) is 65.2 Å². The molecular weight excluding hydrogens is 450 g/mol. The maximum Gasteiger partial charge on any atom is 0.221 e. The molecule has 3 aliphatic rings. The number of phenols is 2. The molecule has 0 saturated carbocycles. The van der Waals surface area contributed by atoms with Gasteiger partial charge in [0.2, 0.25) is 5.91 Å². The number of carbonyl (C=O) groups is 1. The monoisotopic (exact) mass is 489 g/mol. The van der Waals surface area contributed by atoms with Crippen molar-refractivity contribution >= 4 is 11.5 Å². The van der Waals surface area contributed by atoms with E-state index in [4.69, 9.17) is 0 Å². The van der Waals surface area contributed by atoms with Crippen LogP contribution in [0.25, 0.3) is 5.57 Å². The highest BCUT2D eigenvalue weighted by atomic mass is 16.3. The quantitative estimate of drug-likeness (QED) is 0.494. The molecule has 1 saturated heterocycles. The minimum absolute atomic E-state index is 0.00202. The van der Waals surface area contributed by atoms with Gasteiger partial charge in [-0.05, 0) is 77.4 Å². The third-order valence-electron chi connectivity index (χ3n) is 8.82. The molecule has 2 heterocycles. The maximum atomic E-state index is 13.1. The predicted octanol–water partition coefficient (Wildman–Crippen LogP) is 3.95. The van der Waals surface area contributed by atoms with Crippen LogP contribution < -0.4 is 10.6 Å².